The monoisotopic (exact) mass is 299 g/mol. The van der Waals surface area contributed by atoms with E-state index in [1.54, 1.807) is 6.07 Å². The topological polar surface area (TPSA) is 46.2 Å². The third-order valence-corrected chi connectivity index (χ3v) is 3.17. The molecule has 0 radical (unpaired) electrons. The van der Waals surface area contributed by atoms with Crippen molar-refractivity contribution >= 4 is 49.1 Å². The zero-order chi connectivity index (χ0) is 8.59. The maximum absolute atomic E-state index is 9.28. The summed E-state index contributed by atoms with van der Waals surface area (Å²) in [5, 5.41) is 9.60. The van der Waals surface area contributed by atoms with Gasteiger partial charge in [-0.2, -0.15) is 0 Å². The van der Waals surface area contributed by atoms with E-state index in [2.05, 4.69) is 31.9 Å². The molecule has 0 saturated carbocycles. The van der Waals surface area contributed by atoms with Crippen LogP contribution in [0.2, 0.25) is 5.02 Å². The van der Waals surface area contributed by atoms with E-state index in [0.29, 0.717) is 19.7 Å². The fraction of sp³-hybridized carbons (Fsp3) is 0. The van der Waals surface area contributed by atoms with Gasteiger partial charge in [0.05, 0.1) is 19.7 Å². The predicted octanol–water partition coefficient (Wildman–Crippen LogP) is 3.15. The zero-order valence-corrected chi connectivity index (χ0v) is 9.16. The molecule has 0 amide bonds. The van der Waals surface area contributed by atoms with Crippen LogP contribution in [0, 0.1) is 0 Å². The fourth-order valence-corrected chi connectivity index (χ4v) is 1.90. The number of benzene rings is 1. The molecule has 0 spiro atoms. The molecule has 0 aliphatic heterocycles. The van der Waals surface area contributed by atoms with E-state index in [-0.39, 0.29) is 5.75 Å². The highest BCUT2D eigenvalue weighted by molar-refractivity contribution is 9.11. The van der Waals surface area contributed by atoms with Gasteiger partial charge >= 0.3 is 0 Å². The second-order valence-electron chi connectivity index (χ2n) is 1.92. The molecule has 0 bridgehead atoms. The Labute approximate surface area is 85.6 Å². The van der Waals surface area contributed by atoms with E-state index in [0.717, 1.165) is 0 Å². The van der Waals surface area contributed by atoms with Crippen LogP contribution in [0.15, 0.2) is 15.0 Å². The molecule has 0 aliphatic rings. The highest BCUT2D eigenvalue weighted by atomic mass is 79.9. The van der Waals surface area contributed by atoms with Crippen molar-refractivity contribution in [3.63, 3.8) is 0 Å². The van der Waals surface area contributed by atoms with Crippen LogP contribution >= 0.6 is 43.5 Å². The van der Waals surface area contributed by atoms with Crippen molar-refractivity contribution in [1.82, 2.24) is 0 Å². The molecule has 0 aromatic heterocycles. The molecule has 2 nitrogen and oxygen atoms in total. The number of halogens is 3. The summed E-state index contributed by atoms with van der Waals surface area (Å²) in [4.78, 5) is 0. The van der Waals surface area contributed by atoms with Crippen LogP contribution in [-0.2, 0) is 0 Å². The van der Waals surface area contributed by atoms with Gasteiger partial charge in [0, 0.05) is 0 Å². The third-order valence-electron chi connectivity index (χ3n) is 1.16. The molecular formula is C6H4Br2ClNO. The van der Waals surface area contributed by atoms with Gasteiger partial charge in [0.1, 0.15) is 5.75 Å². The summed E-state index contributed by atoms with van der Waals surface area (Å²) >= 11 is 11.9. The highest BCUT2D eigenvalue weighted by Gasteiger charge is 2.10. The van der Waals surface area contributed by atoms with Crippen molar-refractivity contribution in [2.24, 2.45) is 0 Å². The van der Waals surface area contributed by atoms with E-state index in [1.807, 2.05) is 0 Å². The summed E-state index contributed by atoms with van der Waals surface area (Å²) in [6.07, 6.45) is 0. The van der Waals surface area contributed by atoms with Crippen molar-refractivity contribution < 1.29 is 5.11 Å². The van der Waals surface area contributed by atoms with Crippen molar-refractivity contribution in [3.05, 3.63) is 20.0 Å². The zero-order valence-electron chi connectivity index (χ0n) is 5.24. The SMILES string of the molecule is Nc1cc(Br)c(O)c(Br)c1Cl. The Morgan fingerprint density at radius 1 is 1.45 bits per heavy atom. The van der Waals surface area contributed by atoms with Crippen LogP contribution < -0.4 is 5.73 Å². The Bertz CT molecular complexity index is 277. The summed E-state index contributed by atoms with van der Waals surface area (Å²) in [5.41, 5.74) is 5.91. The van der Waals surface area contributed by atoms with Crippen molar-refractivity contribution in [2.75, 3.05) is 5.73 Å². The summed E-state index contributed by atoms with van der Waals surface area (Å²) in [6, 6.07) is 1.54. The second kappa shape index (κ2) is 3.21. The number of phenols is 1. The Hall–Kier alpha value is 0.0700. The van der Waals surface area contributed by atoms with Crippen LogP contribution in [0.3, 0.4) is 0 Å². The minimum atomic E-state index is 0.0594. The molecule has 0 aliphatic carbocycles. The molecule has 5 heteroatoms. The molecule has 0 atom stereocenters. The van der Waals surface area contributed by atoms with Crippen LogP contribution in [0.25, 0.3) is 0 Å². The second-order valence-corrected chi connectivity index (χ2v) is 3.95. The van der Waals surface area contributed by atoms with Crippen LogP contribution in [0.4, 0.5) is 5.69 Å². The van der Waals surface area contributed by atoms with Gasteiger partial charge in [-0.15, -0.1) is 0 Å². The van der Waals surface area contributed by atoms with E-state index in [9.17, 15) is 5.11 Å². The minimum absolute atomic E-state index is 0.0594. The number of phenolic OH excluding ortho intramolecular Hbond substituents is 1. The number of aromatic hydroxyl groups is 1. The van der Waals surface area contributed by atoms with Gasteiger partial charge in [-0.25, -0.2) is 0 Å². The van der Waals surface area contributed by atoms with Crippen LogP contribution in [-0.4, -0.2) is 5.11 Å². The molecule has 1 rings (SSSR count). The molecular weight excluding hydrogens is 297 g/mol. The Morgan fingerprint density at radius 3 is 2.55 bits per heavy atom. The van der Waals surface area contributed by atoms with Crippen LogP contribution in [0.5, 0.6) is 5.75 Å². The van der Waals surface area contributed by atoms with Gasteiger partial charge in [0.25, 0.3) is 0 Å². The summed E-state index contributed by atoms with van der Waals surface area (Å²) in [6.45, 7) is 0. The largest absolute Gasteiger partial charge is 0.506 e. The lowest BCUT2D eigenvalue weighted by molar-refractivity contribution is 0.468. The quantitative estimate of drug-likeness (QED) is 0.439. The van der Waals surface area contributed by atoms with Gasteiger partial charge < -0.3 is 10.8 Å². The summed E-state index contributed by atoms with van der Waals surface area (Å²) < 4.78 is 0.928. The molecule has 0 saturated heterocycles. The lowest BCUT2D eigenvalue weighted by atomic mass is 10.3. The molecule has 11 heavy (non-hydrogen) atoms. The van der Waals surface area contributed by atoms with Crippen molar-refractivity contribution in [1.29, 1.82) is 0 Å². The van der Waals surface area contributed by atoms with Crippen molar-refractivity contribution in [3.8, 4) is 5.75 Å². The van der Waals surface area contributed by atoms with Crippen molar-refractivity contribution in [2.45, 2.75) is 0 Å². The minimum Gasteiger partial charge on any atom is -0.506 e. The lowest BCUT2D eigenvalue weighted by Gasteiger charge is -2.04. The van der Waals surface area contributed by atoms with Gasteiger partial charge in [0.2, 0.25) is 0 Å². The number of rotatable bonds is 0. The maximum Gasteiger partial charge on any atom is 0.145 e. The standard InChI is InChI=1S/C6H4Br2ClNO/c7-2-1-3(10)5(9)4(8)6(2)11/h1,11H,10H2. The first kappa shape index (κ1) is 9.16. The average molecular weight is 301 g/mol. The Balaban J connectivity index is 3.46. The van der Waals surface area contributed by atoms with Gasteiger partial charge in [-0.1, -0.05) is 11.6 Å². The lowest BCUT2D eigenvalue weighted by Crippen LogP contribution is -1.87. The Kier molecular flexibility index (Phi) is 2.67. The van der Waals surface area contributed by atoms with Gasteiger partial charge in [-0.3, -0.25) is 0 Å². The third kappa shape index (κ3) is 1.63. The Morgan fingerprint density at radius 2 is 2.00 bits per heavy atom. The van der Waals surface area contributed by atoms with E-state index < -0.39 is 0 Å². The fourth-order valence-electron chi connectivity index (χ4n) is 0.604. The maximum atomic E-state index is 9.28. The van der Waals surface area contributed by atoms with E-state index in [4.69, 9.17) is 17.3 Å². The smallest absolute Gasteiger partial charge is 0.145 e. The normalized spacial score (nSPS) is 10.1. The number of nitrogen functional groups attached to an aromatic ring is 1. The molecule has 0 fully saturated rings. The van der Waals surface area contributed by atoms with E-state index >= 15 is 0 Å². The molecule has 3 N–H and O–H groups in total. The first-order chi connectivity index (χ1) is 5.04. The predicted molar refractivity (Wildman–Crippen MR) is 52.9 cm³/mol. The summed E-state index contributed by atoms with van der Waals surface area (Å²) in [5.74, 6) is 0.0594. The van der Waals surface area contributed by atoms with Gasteiger partial charge in [-0.05, 0) is 37.9 Å². The number of hydrogen-bond acceptors (Lipinski definition) is 2. The number of nitrogens with two attached hydrogens (primary N) is 1. The number of anilines is 1. The first-order valence-electron chi connectivity index (χ1n) is 2.66. The summed E-state index contributed by atoms with van der Waals surface area (Å²) in [7, 11) is 0. The molecule has 1 aromatic rings. The van der Waals surface area contributed by atoms with E-state index in [1.165, 1.54) is 0 Å². The average Bonchev–Trinajstić information content (AvgIpc) is 1.97. The molecule has 0 unspecified atom stereocenters. The highest BCUT2D eigenvalue weighted by Crippen LogP contribution is 2.40. The molecule has 60 valence electrons. The first-order valence-corrected chi connectivity index (χ1v) is 4.62. The number of hydrogen-bond donors (Lipinski definition) is 2. The van der Waals surface area contributed by atoms with Crippen LogP contribution in [0.1, 0.15) is 0 Å². The molecule has 0 heterocycles. The molecule has 1 aromatic carbocycles. The van der Waals surface area contributed by atoms with Gasteiger partial charge in [0.15, 0.2) is 0 Å².